The van der Waals surface area contributed by atoms with Crippen molar-refractivity contribution in [2.45, 2.75) is 4.90 Å². The normalized spacial score (nSPS) is 10.7. The fourth-order valence-corrected chi connectivity index (χ4v) is 4.58. The summed E-state index contributed by atoms with van der Waals surface area (Å²) in [7, 11) is 0. The van der Waals surface area contributed by atoms with Gasteiger partial charge in [-0.2, -0.15) is 0 Å². The van der Waals surface area contributed by atoms with Gasteiger partial charge in [-0.25, -0.2) is 4.72 Å². The van der Waals surface area contributed by atoms with Crippen LogP contribution in [0.25, 0.3) is 33.4 Å². The van der Waals surface area contributed by atoms with Crippen molar-refractivity contribution in [2.75, 3.05) is 0 Å². The summed E-state index contributed by atoms with van der Waals surface area (Å²) in [5, 5.41) is 0.724. The number of halogens is 1. The van der Waals surface area contributed by atoms with Crippen molar-refractivity contribution in [1.29, 1.82) is 0 Å². The lowest BCUT2D eigenvalue weighted by Gasteiger charge is -2.18. The van der Waals surface area contributed by atoms with Gasteiger partial charge in [0.1, 0.15) is 0 Å². The van der Waals surface area contributed by atoms with Gasteiger partial charge in [-0.15, -0.1) is 0 Å². The first-order chi connectivity index (χ1) is 16.3. The maximum Gasteiger partial charge on any atom is 0.0874 e. The van der Waals surface area contributed by atoms with Crippen molar-refractivity contribution in [3.63, 3.8) is 0 Å². The average Bonchev–Trinajstić information content (AvgIpc) is 2.89. The first-order valence-corrected chi connectivity index (χ1v) is 11.9. The van der Waals surface area contributed by atoms with E-state index in [2.05, 4.69) is 84.9 Å². The fourth-order valence-electron chi connectivity index (χ4n) is 3.80. The standard InChI is InChI=1S/C30H21ClNS/c31-26-16-18-27(19-17-26)33-32-30-28(23-12-6-2-7-13-23)20-25(22-10-4-1-5-11-22)21-29(30)24-14-8-3-9-15-24/h1-21H. The van der Waals surface area contributed by atoms with Crippen LogP contribution in [0.3, 0.4) is 0 Å². The van der Waals surface area contributed by atoms with Gasteiger partial charge in [-0.1, -0.05) is 103 Å². The highest BCUT2D eigenvalue weighted by Gasteiger charge is 2.17. The van der Waals surface area contributed by atoms with E-state index in [9.17, 15) is 0 Å². The first-order valence-electron chi connectivity index (χ1n) is 10.8. The molecule has 0 N–H and O–H groups in total. The lowest BCUT2D eigenvalue weighted by Crippen LogP contribution is -1.95. The predicted molar refractivity (Wildman–Crippen MR) is 142 cm³/mol. The Hall–Kier alpha value is -3.46. The van der Waals surface area contributed by atoms with Crippen molar-refractivity contribution in [1.82, 2.24) is 4.72 Å². The predicted octanol–water partition coefficient (Wildman–Crippen LogP) is 9.28. The van der Waals surface area contributed by atoms with Crippen molar-refractivity contribution in [2.24, 2.45) is 0 Å². The molecule has 0 amide bonds. The summed E-state index contributed by atoms with van der Waals surface area (Å²) in [6.07, 6.45) is 0. The van der Waals surface area contributed by atoms with Crippen LogP contribution in [0.2, 0.25) is 5.02 Å². The fraction of sp³-hybridized carbons (Fsp3) is 0. The molecule has 0 bridgehead atoms. The topological polar surface area (TPSA) is 14.1 Å². The maximum atomic E-state index is 6.08. The third-order valence-electron chi connectivity index (χ3n) is 5.44. The Kier molecular flexibility index (Phi) is 6.48. The van der Waals surface area contributed by atoms with Crippen molar-refractivity contribution < 1.29 is 0 Å². The average molecular weight is 463 g/mol. The second-order valence-electron chi connectivity index (χ2n) is 7.65. The SMILES string of the molecule is Clc1ccc(S[N]c2c(-c3ccccc3)cc(-c3ccccc3)cc2-c2ccccc2)cc1. The Labute approximate surface area is 204 Å². The van der Waals surface area contributed by atoms with E-state index < -0.39 is 0 Å². The largest absolute Gasteiger partial charge is 0.210 e. The summed E-state index contributed by atoms with van der Waals surface area (Å²) in [6, 6.07) is 43.7. The molecule has 33 heavy (non-hydrogen) atoms. The van der Waals surface area contributed by atoms with E-state index in [1.807, 2.05) is 42.5 Å². The van der Waals surface area contributed by atoms with Gasteiger partial charge in [0.2, 0.25) is 0 Å². The summed E-state index contributed by atoms with van der Waals surface area (Å²) in [5.74, 6) is 0. The molecule has 0 saturated carbocycles. The molecule has 1 nitrogen and oxygen atoms in total. The van der Waals surface area contributed by atoms with Gasteiger partial charge >= 0.3 is 0 Å². The van der Waals surface area contributed by atoms with Gasteiger partial charge in [0, 0.05) is 33.0 Å². The van der Waals surface area contributed by atoms with E-state index in [0.717, 1.165) is 37.9 Å². The van der Waals surface area contributed by atoms with Crippen LogP contribution in [0, 0.1) is 0 Å². The van der Waals surface area contributed by atoms with Crippen LogP contribution in [0.4, 0.5) is 5.69 Å². The number of benzene rings is 5. The van der Waals surface area contributed by atoms with Crippen LogP contribution >= 0.6 is 23.5 Å². The molecule has 0 spiro atoms. The van der Waals surface area contributed by atoms with Crippen LogP contribution in [-0.2, 0) is 0 Å². The highest BCUT2D eigenvalue weighted by molar-refractivity contribution is 7.97. The molecule has 5 aromatic rings. The molecule has 3 heteroatoms. The molecule has 0 aliphatic carbocycles. The summed E-state index contributed by atoms with van der Waals surface area (Å²) in [6.45, 7) is 0. The van der Waals surface area contributed by atoms with Gasteiger partial charge < -0.3 is 0 Å². The zero-order valence-electron chi connectivity index (χ0n) is 17.9. The molecule has 0 aliphatic heterocycles. The summed E-state index contributed by atoms with van der Waals surface area (Å²) in [4.78, 5) is 1.05. The highest BCUT2D eigenvalue weighted by atomic mass is 35.5. The Morgan fingerprint density at radius 3 is 1.42 bits per heavy atom. The molecule has 5 aromatic carbocycles. The Bertz CT molecular complexity index is 1270. The summed E-state index contributed by atoms with van der Waals surface area (Å²) < 4.78 is 5.07. The zero-order chi connectivity index (χ0) is 22.5. The summed E-state index contributed by atoms with van der Waals surface area (Å²) >= 11 is 7.54. The van der Waals surface area contributed by atoms with Crippen LogP contribution in [-0.4, -0.2) is 0 Å². The van der Waals surface area contributed by atoms with Crippen LogP contribution in [0.5, 0.6) is 0 Å². The van der Waals surface area contributed by atoms with Gasteiger partial charge in [0.15, 0.2) is 0 Å². The van der Waals surface area contributed by atoms with Gasteiger partial charge in [0.05, 0.1) is 5.69 Å². The minimum Gasteiger partial charge on any atom is -0.210 e. The third-order valence-corrected chi connectivity index (χ3v) is 6.45. The Morgan fingerprint density at radius 2 is 0.939 bits per heavy atom. The number of nitrogens with zero attached hydrogens (tertiary/aromatic N) is 1. The zero-order valence-corrected chi connectivity index (χ0v) is 19.4. The molecule has 0 atom stereocenters. The van der Waals surface area contributed by atoms with Crippen LogP contribution in [0.15, 0.2) is 132 Å². The minimum atomic E-state index is 0.724. The van der Waals surface area contributed by atoms with Crippen molar-refractivity contribution in [3.8, 4) is 33.4 Å². The summed E-state index contributed by atoms with van der Waals surface area (Å²) in [5.41, 5.74) is 7.82. The third kappa shape index (κ3) is 4.98. The maximum absolute atomic E-state index is 6.08. The van der Waals surface area contributed by atoms with Gasteiger partial charge in [-0.05, 0) is 58.7 Å². The van der Waals surface area contributed by atoms with Crippen LogP contribution in [0.1, 0.15) is 0 Å². The quantitative estimate of drug-likeness (QED) is 0.229. The van der Waals surface area contributed by atoms with Crippen LogP contribution < -0.4 is 4.72 Å². The monoisotopic (exact) mass is 462 g/mol. The molecule has 0 fully saturated rings. The molecule has 0 aromatic heterocycles. The molecule has 159 valence electrons. The molecule has 5 rings (SSSR count). The lowest BCUT2D eigenvalue weighted by molar-refractivity contribution is 1.34. The number of hydrogen-bond donors (Lipinski definition) is 0. The molecule has 0 heterocycles. The molecule has 1 radical (unpaired) electrons. The second-order valence-corrected chi connectivity index (χ2v) is 8.93. The minimum absolute atomic E-state index is 0.724. The molecule has 0 unspecified atom stereocenters. The highest BCUT2D eigenvalue weighted by Crippen LogP contribution is 2.43. The van der Waals surface area contributed by atoms with Gasteiger partial charge in [0.25, 0.3) is 0 Å². The van der Waals surface area contributed by atoms with E-state index in [-0.39, 0.29) is 0 Å². The second kappa shape index (κ2) is 9.99. The molecule has 0 aliphatic rings. The Balaban J connectivity index is 1.69. The Morgan fingerprint density at radius 1 is 0.485 bits per heavy atom. The van der Waals surface area contributed by atoms with E-state index >= 15 is 0 Å². The number of hydrogen-bond acceptors (Lipinski definition) is 1. The lowest BCUT2D eigenvalue weighted by atomic mass is 9.91. The van der Waals surface area contributed by atoms with Crippen molar-refractivity contribution in [3.05, 3.63) is 132 Å². The van der Waals surface area contributed by atoms with E-state index in [4.69, 9.17) is 16.3 Å². The van der Waals surface area contributed by atoms with E-state index in [1.165, 1.54) is 23.1 Å². The van der Waals surface area contributed by atoms with E-state index in [0.29, 0.717) is 0 Å². The van der Waals surface area contributed by atoms with E-state index in [1.54, 1.807) is 0 Å². The molecular weight excluding hydrogens is 442 g/mol. The first kappa shape index (κ1) is 21.4. The smallest absolute Gasteiger partial charge is 0.0874 e. The molecule has 0 saturated heterocycles. The number of rotatable bonds is 6. The van der Waals surface area contributed by atoms with Gasteiger partial charge in [-0.3, -0.25) is 0 Å². The van der Waals surface area contributed by atoms with Crippen molar-refractivity contribution >= 4 is 29.2 Å². The molecular formula is C30H21ClNS.